The molecule has 7 heteroatoms. The number of thioether (sulfide) groups is 2. The minimum absolute atomic E-state index is 0.00132. The van der Waals surface area contributed by atoms with E-state index in [4.69, 9.17) is 9.47 Å². The van der Waals surface area contributed by atoms with Gasteiger partial charge in [0, 0.05) is 30.6 Å². The van der Waals surface area contributed by atoms with Crippen LogP contribution in [0.25, 0.3) is 0 Å². The second kappa shape index (κ2) is 10.8. The van der Waals surface area contributed by atoms with E-state index in [0.717, 1.165) is 48.9 Å². The lowest BCUT2D eigenvalue weighted by atomic mass is 9.80. The van der Waals surface area contributed by atoms with E-state index < -0.39 is 0 Å². The Morgan fingerprint density at radius 2 is 1.73 bits per heavy atom. The molecule has 0 bridgehead atoms. The van der Waals surface area contributed by atoms with Crippen molar-refractivity contribution < 1.29 is 19.7 Å². The van der Waals surface area contributed by atoms with Gasteiger partial charge in [-0.15, -0.1) is 23.5 Å². The number of benzene rings is 1. The minimum atomic E-state index is -0.00132. The van der Waals surface area contributed by atoms with Crippen molar-refractivity contribution >= 4 is 23.5 Å². The van der Waals surface area contributed by atoms with Crippen LogP contribution in [0, 0.1) is 11.8 Å². The number of piperidine rings is 1. The summed E-state index contributed by atoms with van der Waals surface area (Å²) < 4.78 is 11.2. The Hall–Kier alpha value is -0.600. The van der Waals surface area contributed by atoms with Gasteiger partial charge in [-0.2, -0.15) is 0 Å². The van der Waals surface area contributed by atoms with Gasteiger partial charge in [-0.1, -0.05) is 13.8 Å². The molecule has 1 aromatic carbocycles. The third-order valence-electron chi connectivity index (χ3n) is 6.30. The molecule has 2 aliphatic heterocycles. The van der Waals surface area contributed by atoms with Gasteiger partial charge in [0.25, 0.3) is 0 Å². The average Bonchev–Trinajstić information content (AvgIpc) is 2.75. The summed E-state index contributed by atoms with van der Waals surface area (Å²) in [6.07, 6.45) is 3.21. The molecule has 30 heavy (non-hydrogen) atoms. The molecular weight excluding hydrogens is 418 g/mol. The molecule has 170 valence electrons. The zero-order valence-corrected chi connectivity index (χ0v) is 20.4. The Bertz CT molecular complexity index is 692. The van der Waals surface area contributed by atoms with Crippen LogP contribution in [0.15, 0.2) is 12.1 Å². The third kappa shape index (κ3) is 5.07. The average molecular weight is 456 g/mol. The van der Waals surface area contributed by atoms with Gasteiger partial charge in [0.05, 0.1) is 31.5 Å². The highest BCUT2D eigenvalue weighted by Gasteiger charge is 2.49. The van der Waals surface area contributed by atoms with Crippen LogP contribution < -0.4 is 9.47 Å². The molecule has 0 aliphatic carbocycles. The summed E-state index contributed by atoms with van der Waals surface area (Å²) in [7, 11) is 3.39. The van der Waals surface area contributed by atoms with Crippen molar-refractivity contribution in [3.63, 3.8) is 0 Å². The summed E-state index contributed by atoms with van der Waals surface area (Å²) in [6.45, 7) is 7.10. The number of hydrogen-bond donors (Lipinski definition) is 2. The number of hydrogen-bond acceptors (Lipinski definition) is 7. The maximum absolute atomic E-state index is 9.60. The number of aliphatic hydroxyl groups is 2. The van der Waals surface area contributed by atoms with Gasteiger partial charge in [0.1, 0.15) is 0 Å². The Kier molecular flexibility index (Phi) is 8.67. The van der Waals surface area contributed by atoms with Gasteiger partial charge < -0.3 is 19.7 Å². The van der Waals surface area contributed by atoms with Crippen molar-refractivity contribution in [2.45, 2.75) is 43.2 Å². The van der Waals surface area contributed by atoms with Gasteiger partial charge in [-0.3, -0.25) is 4.90 Å². The molecule has 0 amide bonds. The molecule has 0 saturated carbocycles. The number of nitrogens with zero attached hydrogens (tertiary/aromatic N) is 1. The smallest absolute Gasteiger partial charge is 0.161 e. The summed E-state index contributed by atoms with van der Waals surface area (Å²) >= 11 is 3.80. The second-order valence-electron chi connectivity index (χ2n) is 8.65. The summed E-state index contributed by atoms with van der Waals surface area (Å²) in [6, 6.07) is 4.65. The third-order valence-corrected chi connectivity index (χ3v) is 9.76. The zero-order chi connectivity index (χ0) is 21.7. The summed E-state index contributed by atoms with van der Waals surface area (Å²) in [5, 5.41) is 19.2. The fourth-order valence-electron chi connectivity index (χ4n) is 5.05. The van der Waals surface area contributed by atoms with Crippen molar-refractivity contribution in [1.82, 2.24) is 4.90 Å². The molecule has 1 fully saturated rings. The van der Waals surface area contributed by atoms with Crippen molar-refractivity contribution in [3.05, 3.63) is 23.3 Å². The molecule has 1 aromatic rings. The molecule has 0 radical (unpaired) electrons. The fourth-order valence-corrected chi connectivity index (χ4v) is 8.12. The molecule has 3 rings (SSSR count). The summed E-state index contributed by atoms with van der Waals surface area (Å²) in [5.74, 6) is 4.21. The van der Waals surface area contributed by atoms with Crippen LogP contribution >= 0.6 is 23.5 Å². The van der Waals surface area contributed by atoms with Crippen LogP contribution in [0.1, 0.15) is 43.9 Å². The largest absolute Gasteiger partial charge is 0.493 e. The highest BCUT2D eigenvalue weighted by molar-refractivity contribution is 8.18. The van der Waals surface area contributed by atoms with Gasteiger partial charge in [0.15, 0.2) is 11.5 Å². The molecule has 0 spiro atoms. The molecule has 5 nitrogen and oxygen atoms in total. The first-order valence-corrected chi connectivity index (χ1v) is 12.9. The number of ether oxygens (including phenoxy) is 2. The van der Waals surface area contributed by atoms with Gasteiger partial charge >= 0.3 is 0 Å². The van der Waals surface area contributed by atoms with Crippen molar-refractivity contribution in [2.75, 3.05) is 52.0 Å². The molecule has 0 aromatic heterocycles. The molecule has 1 saturated heterocycles. The van der Waals surface area contributed by atoms with E-state index in [2.05, 4.69) is 30.9 Å². The molecule has 2 N–H and O–H groups in total. The first kappa shape index (κ1) is 24.1. The first-order chi connectivity index (χ1) is 14.5. The highest BCUT2D eigenvalue weighted by Crippen LogP contribution is 2.57. The Labute approximate surface area is 189 Å². The predicted octanol–water partition coefficient (Wildman–Crippen LogP) is 3.82. The van der Waals surface area contributed by atoms with Crippen molar-refractivity contribution in [2.24, 2.45) is 11.8 Å². The monoisotopic (exact) mass is 455 g/mol. The van der Waals surface area contributed by atoms with E-state index in [9.17, 15) is 10.2 Å². The Balaban J connectivity index is 1.99. The Morgan fingerprint density at radius 3 is 2.30 bits per heavy atom. The SMILES string of the molecule is COc1cc2c(cc1OC)C1CC(SCCO)(SCCO)C(CC(C)C)CN1CC2. The number of rotatable bonds is 10. The lowest BCUT2D eigenvalue weighted by molar-refractivity contribution is 0.0858. The lowest BCUT2D eigenvalue weighted by Crippen LogP contribution is -2.52. The maximum atomic E-state index is 9.60. The Morgan fingerprint density at radius 1 is 1.10 bits per heavy atom. The van der Waals surface area contributed by atoms with Crippen LogP contribution in [0.4, 0.5) is 0 Å². The van der Waals surface area contributed by atoms with E-state index in [-0.39, 0.29) is 17.3 Å². The van der Waals surface area contributed by atoms with Crippen molar-refractivity contribution in [1.29, 1.82) is 0 Å². The van der Waals surface area contributed by atoms with E-state index >= 15 is 0 Å². The lowest BCUT2D eigenvalue weighted by Gasteiger charge is -2.53. The molecule has 2 atom stereocenters. The van der Waals surface area contributed by atoms with Crippen LogP contribution in [0.2, 0.25) is 0 Å². The zero-order valence-electron chi connectivity index (χ0n) is 18.7. The van der Waals surface area contributed by atoms with E-state index in [1.54, 1.807) is 14.2 Å². The van der Waals surface area contributed by atoms with Gasteiger partial charge in [-0.25, -0.2) is 0 Å². The quantitative estimate of drug-likeness (QED) is 0.520. The van der Waals surface area contributed by atoms with Crippen LogP contribution in [0.5, 0.6) is 11.5 Å². The molecule has 2 unspecified atom stereocenters. The maximum Gasteiger partial charge on any atom is 0.161 e. The van der Waals surface area contributed by atoms with Crippen LogP contribution in [0.3, 0.4) is 0 Å². The highest BCUT2D eigenvalue weighted by atomic mass is 32.2. The summed E-state index contributed by atoms with van der Waals surface area (Å²) in [4.78, 5) is 2.65. The topological polar surface area (TPSA) is 62.2 Å². The fraction of sp³-hybridized carbons (Fsp3) is 0.739. The van der Waals surface area contributed by atoms with E-state index in [0.29, 0.717) is 17.9 Å². The number of methoxy groups -OCH3 is 2. The van der Waals surface area contributed by atoms with Crippen LogP contribution in [-0.2, 0) is 6.42 Å². The van der Waals surface area contributed by atoms with E-state index in [1.165, 1.54) is 17.5 Å². The molecule has 2 aliphatic rings. The number of fused-ring (bicyclic) bond motifs is 3. The normalized spacial score (nSPS) is 23.2. The van der Waals surface area contributed by atoms with Crippen LogP contribution in [-0.4, -0.2) is 71.2 Å². The minimum Gasteiger partial charge on any atom is -0.493 e. The van der Waals surface area contributed by atoms with Crippen molar-refractivity contribution in [3.8, 4) is 11.5 Å². The standard InChI is InChI=1S/C23H37NO4S2/c1-16(2)11-18-15-24-6-5-17-12-21(27-3)22(28-4)13-19(17)20(24)14-23(18,29-9-7-25)30-10-8-26/h12-13,16,18,20,25-26H,5-11,14-15H2,1-4H3. The first-order valence-electron chi connectivity index (χ1n) is 11.0. The second-order valence-corrected chi connectivity index (χ2v) is 11.8. The molecular formula is C23H37NO4S2. The molecule has 2 heterocycles. The number of aliphatic hydroxyl groups excluding tert-OH is 2. The predicted molar refractivity (Wildman–Crippen MR) is 127 cm³/mol. The summed E-state index contributed by atoms with van der Waals surface area (Å²) in [5.41, 5.74) is 2.70. The van der Waals surface area contributed by atoms with E-state index in [1.807, 2.05) is 23.5 Å². The van der Waals surface area contributed by atoms with Gasteiger partial charge in [-0.05, 0) is 54.4 Å². The van der Waals surface area contributed by atoms with Gasteiger partial charge in [0.2, 0.25) is 0 Å².